The van der Waals surface area contributed by atoms with Crippen LogP contribution in [0, 0.1) is 5.92 Å². The maximum atomic E-state index is 10.9. The number of hydrogen-bond donors (Lipinski definition) is 1. The minimum absolute atomic E-state index is 0.125. The largest absolute Gasteiger partial charge is 0.465 e. The minimum atomic E-state index is -0.927. The van der Waals surface area contributed by atoms with Crippen LogP contribution >= 0.6 is 0 Å². The number of piperidine rings is 1. The van der Waals surface area contributed by atoms with Gasteiger partial charge >= 0.3 is 6.09 Å². The van der Waals surface area contributed by atoms with Crippen molar-refractivity contribution < 1.29 is 14.7 Å². The fourth-order valence-corrected chi connectivity index (χ4v) is 1.19. The van der Waals surface area contributed by atoms with E-state index in [0.717, 1.165) is 0 Å². The molecule has 1 amide bonds. The Labute approximate surface area is 64.8 Å². The summed E-state index contributed by atoms with van der Waals surface area (Å²) in [5.41, 5.74) is 0. The standard InChI is InChI=1S/C7H11NO3/c1-5-4-8(7(10)11)3-2-6(5)9/h5H,2-4H2,1H3,(H,10,11). The second-order valence-corrected chi connectivity index (χ2v) is 2.85. The molecule has 62 valence electrons. The molecule has 1 aliphatic rings. The normalized spacial score (nSPS) is 25.4. The Morgan fingerprint density at radius 1 is 1.73 bits per heavy atom. The van der Waals surface area contributed by atoms with Gasteiger partial charge in [0.2, 0.25) is 0 Å². The maximum absolute atomic E-state index is 10.9. The highest BCUT2D eigenvalue weighted by atomic mass is 16.4. The summed E-state index contributed by atoms with van der Waals surface area (Å²) in [5.74, 6) is 0.0438. The highest BCUT2D eigenvalue weighted by molar-refractivity contribution is 5.83. The Morgan fingerprint density at radius 3 is 2.82 bits per heavy atom. The number of carbonyl (C=O) groups excluding carboxylic acids is 1. The third-order valence-electron chi connectivity index (χ3n) is 1.94. The van der Waals surface area contributed by atoms with Gasteiger partial charge in [0, 0.05) is 25.4 Å². The summed E-state index contributed by atoms with van der Waals surface area (Å²) in [4.78, 5) is 22.6. The lowest BCUT2D eigenvalue weighted by Gasteiger charge is -2.27. The van der Waals surface area contributed by atoms with E-state index in [9.17, 15) is 9.59 Å². The van der Waals surface area contributed by atoms with Gasteiger partial charge in [-0.1, -0.05) is 6.92 Å². The van der Waals surface area contributed by atoms with E-state index < -0.39 is 6.09 Å². The number of nitrogens with zero attached hydrogens (tertiary/aromatic N) is 1. The molecule has 0 aromatic rings. The van der Waals surface area contributed by atoms with Gasteiger partial charge in [-0.3, -0.25) is 4.79 Å². The van der Waals surface area contributed by atoms with E-state index in [0.29, 0.717) is 19.5 Å². The Balaban J connectivity index is 2.52. The molecule has 0 aliphatic carbocycles. The van der Waals surface area contributed by atoms with Crippen molar-refractivity contribution in [2.75, 3.05) is 13.1 Å². The van der Waals surface area contributed by atoms with Crippen molar-refractivity contribution in [2.24, 2.45) is 5.92 Å². The molecule has 4 nitrogen and oxygen atoms in total. The summed E-state index contributed by atoms with van der Waals surface area (Å²) in [7, 11) is 0. The average Bonchev–Trinajstić information content (AvgIpc) is 1.94. The van der Waals surface area contributed by atoms with Crippen LogP contribution in [0.25, 0.3) is 0 Å². The highest BCUT2D eigenvalue weighted by Gasteiger charge is 2.25. The van der Waals surface area contributed by atoms with Gasteiger partial charge in [-0.05, 0) is 0 Å². The van der Waals surface area contributed by atoms with Gasteiger partial charge < -0.3 is 10.0 Å². The molecule has 11 heavy (non-hydrogen) atoms. The van der Waals surface area contributed by atoms with E-state index in [1.807, 2.05) is 0 Å². The van der Waals surface area contributed by atoms with E-state index in [1.165, 1.54) is 4.90 Å². The first-order chi connectivity index (χ1) is 5.11. The van der Waals surface area contributed by atoms with E-state index >= 15 is 0 Å². The number of hydrogen-bond acceptors (Lipinski definition) is 2. The number of amides is 1. The van der Waals surface area contributed by atoms with Crippen LogP contribution in [0.4, 0.5) is 4.79 Å². The van der Waals surface area contributed by atoms with Crippen molar-refractivity contribution >= 4 is 11.9 Å². The lowest BCUT2D eigenvalue weighted by molar-refractivity contribution is -0.125. The number of Topliss-reactive ketones (excluding diaryl/α,β-unsaturated/α-hetero) is 1. The van der Waals surface area contributed by atoms with Crippen molar-refractivity contribution in [1.82, 2.24) is 4.90 Å². The third kappa shape index (κ3) is 1.69. The first-order valence-electron chi connectivity index (χ1n) is 3.62. The van der Waals surface area contributed by atoms with Crippen molar-refractivity contribution in [1.29, 1.82) is 0 Å². The molecule has 0 aromatic carbocycles. The number of carboxylic acid groups (broad SMARTS) is 1. The van der Waals surface area contributed by atoms with Gasteiger partial charge in [0.25, 0.3) is 0 Å². The first kappa shape index (κ1) is 8.04. The van der Waals surface area contributed by atoms with Crippen LogP contribution in [0.3, 0.4) is 0 Å². The molecule has 1 saturated heterocycles. The molecule has 0 aromatic heterocycles. The molecule has 4 heteroatoms. The van der Waals surface area contributed by atoms with Gasteiger partial charge in [0.1, 0.15) is 5.78 Å². The molecule has 1 unspecified atom stereocenters. The van der Waals surface area contributed by atoms with Gasteiger partial charge in [-0.25, -0.2) is 4.79 Å². The summed E-state index contributed by atoms with van der Waals surface area (Å²) in [6.45, 7) is 2.48. The summed E-state index contributed by atoms with van der Waals surface area (Å²) < 4.78 is 0. The summed E-state index contributed by atoms with van der Waals surface area (Å²) in [5, 5.41) is 8.56. The fraction of sp³-hybridized carbons (Fsp3) is 0.714. The highest BCUT2D eigenvalue weighted by Crippen LogP contribution is 2.11. The summed E-state index contributed by atoms with van der Waals surface area (Å²) in [6.07, 6.45) is -0.558. The second kappa shape index (κ2) is 2.90. The number of carbonyl (C=O) groups is 2. The maximum Gasteiger partial charge on any atom is 0.407 e. The lowest BCUT2D eigenvalue weighted by atomic mass is 9.99. The minimum Gasteiger partial charge on any atom is -0.465 e. The molecule has 1 fully saturated rings. The topological polar surface area (TPSA) is 57.6 Å². The van der Waals surface area contributed by atoms with E-state index in [4.69, 9.17) is 5.11 Å². The lowest BCUT2D eigenvalue weighted by Crippen LogP contribution is -2.42. The predicted octanol–water partition coefficient (Wildman–Crippen LogP) is 0.575. The second-order valence-electron chi connectivity index (χ2n) is 2.85. The molecule has 0 radical (unpaired) electrons. The molecule has 0 spiro atoms. The van der Waals surface area contributed by atoms with Crippen molar-refractivity contribution in [3.8, 4) is 0 Å². The zero-order valence-electron chi connectivity index (χ0n) is 6.41. The van der Waals surface area contributed by atoms with Crippen LogP contribution in [-0.4, -0.2) is 35.0 Å². The zero-order chi connectivity index (χ0) is 8.43. The molecular formula is C7H11NO3. The SMILES string of the molecule is CC1CN(C(=O)O)CCC1=O. The summed E-state index contributed by atoms with van der Waals surface area (Å²) in [6, 6.07) is 0. The Bertz CT molecular complexity index is 190. The third-order valence-corrected chi connectivity index (χ3v) is 1.94. The van der Waals surface area contributed by atoms with Crippen LogP contribution < -0.4 is 0 Å². The molecule has 1 atom stereocenters. The molecule has 0 bridgehead atoms. The van der Waals surface area contributed by atoms with E-state index in [2.05, 4.69) is 0 Å². The number of likely N-dealkylation sites (tertiary alicyclic amines) is 1. The quantitative estimate of drug-likeness (QED) is 0.559. The van der Waals surface area contributed by atoms with Crippen LogP contribution in [0.2, 0.25) is 0 Å². The van der Waals surface area contributed by atoms with Crippen LogP contribution in [0.15, 0.2) is 0 Å². The zero-order valence-corrected chi connectivity index (χ0v) is 6.41. The van der Waals surface area contributed by atoms with E-state index in [1.54, 1.807) is 6.92 Å². The van der Waals surface area contributed by atoms with Crippen molar-refractivity contribution in [3.63, 3.8) is 0 Å². The smallest absolute Gasteiger partial charge is 0.407 e. The molecule has 1 N–H and O–H groups in total. The molecule has 1 aliphatic heterocycles. The predicted molar refractivity (Wildman–Crippen MR) is 38.4 cm³/mol. The molecule has 1 rings (SSSR count). The van der Waals surface area contributed by atoms with Gasteiger partial charge in [0.15, 0.2) is 0 Å². The Morgan fingerprint density at radius 2 is 2.36 bits per heavy atom. The van der Waals surface area contributed by atoms with Crippen molar-refractivity contribution in [2.45, 2.75) is 13.3 Å². The average molecular weight is 157 g/mol. The number of ketones is 1. The fourth-order valence-electron chi connectivity index (χ4n) is 1.19. The van der Waals surface area contributed by atoms with Gasteiger partial charge in [0.05, 0.1) is 0 Å². The van der Waals surface area contributed by atoms with Crippen LogP contribution in [-0.2, 0) is 4.79 Å². The molecular weight excluding hydrogens is 146 g/mol. The summed E-state index contributed by atoms with van der Waals surface area (Å²) >= 11 is 0. The Kier molecular flexibility index (Phi) is 2.12. The van der Waals surface area contributed by atoms with E-state index in [-0.39, 0.29) is 11.7 Å². The monoisotopic (exact) mass is 157 g/mol. The van der Waals surface area contributed by atoms with Crippen LogP contribution in [0.5, 0.6) is 0 Å². The van der Waals surface area contributed by atoms with Gasteiger partial charge in [-0.15, -0.1) is 0 Å². The number of rotatable bonds is 0. The van der Waals surface area contributed by atoms with Crippen LogP contribution in [0.1, 0.15) is 13.3 Å². The molecule has 1 heterocycles. The molecule has 0 saturated carbocycles. The van der Waals surface area contributed by atoms with Gasteiger partial charge in [-0.2, -0.15) is 0 Å². The Hall–Kier alpha value is -1.06. The van der Waals surface area contributed by atoms with Crippen molar-refractivity contribution in [3.05, 3.63) is 0 Å². The first-order valence-corrected chi connectivity index (χ1v) is 3.62.